The van der Waals surface area contributed by atoms with E-state index in [9.17, 15) is 10.0 Å². The van der Waals surface area contributed by atoms with Gasteiger partial charge in [-0.1, -0.05) is 24.3 Å². The predicted molar refractivity (Wildman–Crippen MR) is 93.7 cm³/mol. The average Bonchev–Trinajstić information content (AvgIpc) is 3.02. The minimum Gasteiger partial charge on any atom is -0.618 e. The number of benzene rings is 1. The van der Waals surface area contributed by atoms with E-state index in [4.69, 9.17) is 0 Å². The molecule has 0 unspecified atom stereocenters. The number of pyridine rings is 1. The summed E-state index contributed by atoms with van der Waals surface area (Å²) in [7, 11) is 0. The molecule has 24 heavy (non-hydrogen) atoms. The van der Waals surface area contributed by atoms with Crippen molar-refractivity contribution in [2.45, 2.75) is 13.3 Å². The highest BCUT2D eigenvalue weighted by Crippen LogP contribution is 2.21. The molecule has 0 bridgehead atoms. The molecule has 2 aromatic heterocycles. The molecular formula is C18H17N3O2S. The summed E-state index contributed by atoms with van der Waals surface area (Å²) in [6.45, 7) is 2.46. The first-order chi connectivity index (χ1) is 11.6. The van der Waals surface area contributed by atoms with E-state index in [0.717, 1.165) is 21.8 Å². The van der Waals surface area contributed by atoms with E-state index in [1.807, 2.05) is 36.6 Å². The normalized spacial score (nSPS) is 10.5. The molecular weight excluding hydrogens is 322 g/mol. The zero-order chi connectivity index (χ0) is 16.9. The topological polar surface area (TPSA) is 68.9 Å². The van der Waals surface area contributed by atoms with Crippen molar-refractivity contribution < 1.29 is 9.52 Å². The van der Waals surface area contributed by atoms with E-state index in [-0.39, 0.29) is 11.6 Å². The van der Waals surface area contributed by atoms with Crippen molar-refractivity contribution in [1.82, 2.24) is 10.3 Å². The van der Waals surface area contributed by atoms with Crippen LogP contribution in [0.5, 0.6) is 0 Å². The Morgan fingerprint density at radius 2 is 2.04 bits per heavy atom. The lowest BCUT2D eigenvalue weighted by molar-refractivity contribution is -0.607. The number of nitrogens with one attached hydrogen (secondary N) is 1. The first-order valence-electron chi connectivity index (χ1n) is 7.61. The maximum absolute atomic E-state index is 12.0. The van der Waals surface area contributed by atoms with Gasteiger partial charge in [0.05, 0.1) is 10.7 Å². The smallest absolute Gasteiger partial charge is 0.317 e. The lowest BCUT2D eigenvalue weighted by atomic mass is 10.1. The fraction of sp³-hybridized carbons (Fsp3) is 0.167. The van der Waals surface area contributed by atoms with Crippen LogP contribution in [0.1, 0.15) is 21.1 Å². The van der Waals surface area contributed by atoms with Gasteiger partial charge in [0, 0.05) is 29.6 Å². The van der Waals surface area contributed by atoms with Gasteiger partial charge < -0.3 is 10.5 Å². The SMILES string of the molecule is Cc1nc(-c2ccc(CCNC(=O)c3cccc[n+]3[O-])cc2)cs1. The number of rotatable bonds is 5. The zero-order valence-corrected chi connectivity index (χ0v) is 14.0. The van der Waals surface area contributed by atoms with Gasteiger partial charge in [-0.15, -0.1) is 11.3 Å². The van der Waals surface area contributed by atoms with Gasteiger partial charge in [0.25, 0.3) is 5.69 Å². The Morgan fingerprint density at radius 1 is 1.25 bits per heavy atom. The minimum absolute atomic E-state index is 0.103. The number of aromatic nitrogens is 2. The Labute approximate surface area is 144 Å². The third kappa shape index (κ3) is 3.78. The Bertz CT molecular complexity index is 843. The summed E-state index contributed by atoms with van der Waals surface area (Å²) < 4.78 is 0.569. The predicted octanol–water partition coefficient (Wildman–Crippen LogP) is 2.72. The van der Waals surface area contributed by atoms with Crippen molar-refractivity contribution >= 4 is 17.2 Å². The number of aryl methyl sites for hydroxylation is 1. The first-order valence-corrected chi connectivity index (χ1v) is 8.49. The highest BCUT2D eigenvalue weighted by molar-refractivity contribution is 7.09. The van der Waals surface area contributed by atoms with Crippen LogP contribution >= 0.6 is 11.3 Å². The number of hydrogen-bond donors (Lipinski definition) is 1. The van der Waals surface area contributed by atoms with E-state index in [0.29, 0.717) is 17.7 Å². The maximum Gasteiger partial charge on any atom is 0.317 e. The highest BCUT2D eigenvalue weighted by Gasteiger charge is 2.13. The van der Waals surface area contributed by atoms with Gasteiger partial charge in [0.1, 0.15) is 0 Å². The molecule has 0 aliphatic carbocycles. The molecule has 0 saturated heterocycles. The lowest BCUT2D eigenvalue weighted by Gasteiger charge is -2.06. The number of nitrogens with zero attached hydrogens (tertiary/aromatic N) is 2. The third-order valence-electron chi connectivity index (χ3n) is 3.62. The molecule has 0 radical (unpaired) electrons. The molecule has 0 saturated carbocycles. The monoisotopic (exact) mass is 339 g/mol. The van der Waals surface area contributed by atoms with E-state index in [1.54, 1.807) is 23.5 Å². The summed E-state index contributed by atoms with van der Waals surface area (Å²) in [5.74, 6) is -0.361. The van der Waals surface area contributed by atoms with Crippen LogP contribution in [0, 0.1) is 12.1 Å². The van der Waals surface area contributed by atoms with E-state index >= 15 is 0 Å². The average molecular weight is 339 g/mol. The van der Waals surface area contributed by atoms with Crippen molar-refractivity contribution in [2.75, 3.05) is 6.54 Å². The van der Waals surface area contributed by atoms with Crippen LogP contribution in [0.3, 0.4) is 0 Å². The Hall–Kier alpha value is -2.73. The van der Waals surface area contributed by atoms with Crippen molar-refractivity contribution in [3.05, 3.63) is 75.5 Å². The second-order valence-electron chi connectivity index (χ2n) is 5.37. The largest absolute Gasteiger partial charge is 0.618 e. The van der Waals surface area contributed by atoms with Crippen LogP contribution in [-0.2, 0) is 6.42 Å². The molecule has 2 heterocycles. The van der Waals surface area contributed by atoms with Crippen LogP contribution in [0.4, 0.5) is 0 Å². The summed E-state index contributed by atoms with van der Waals surface area (Å²) in [6.07, 6.45) is 2.02. The van der Waals surface area contributed by atoms with Crippen molar-refractivity contribution in [2.24, 2.45) is 0 Å². The van der Waals surface area contributed by atoms with Gasteiger partial charge in [-0.05, 0) is 25.0 Å². The summed E-state index contributed by atoms with van der Waals surface area (Å²) in [4.78, 5) is 16.4. The maximum atomic E-state index is 12.0. The summed E-state index contributed by atoms with van der Waals surface area (Å²) in [5.41, 5.74) is 3.30. The van der Waals surface area contributed by atoms with Crippen LogP contribution in [0.25, 0.3) is 11.3 Å². The first kappa shape index (κ1) is 16.1. The molecule has 0 atom stereocenters. The van der Waals surface area contributed by atoms with E-state index in [2.05, 4.69) is 10.3 Å². The van der Waals surface area contributed by atoms with Gasteiger partial charge in [-0.25, -0.2) is 4.98 Å². The molecule has 5 nitrogen and oxygen atoms in total. The molecule has 0 aliphatic rings. The van der Waals surface area contributed by atoms with Crippen LogP contribution in [0.15, 0.2) is 54.0 Å². The molecule has 3 rings (SSSR count). The van der Waals surface area contributed by atoms with Crippen molar-refractivity contribution in [1.29, 1.82) is 0 Å². The number of carbonyl (C=O) groups excluding carboxylic acids is 1. The van der Waals surface area contributed by atoms with Crippen LogP contribution < -0.4 is 10.0 Å². The molecule has 122 valence electrons. The molecule has 0 spiro atoms. The van der Waals surface area contributed by atoms with Gasteiger partial charge in [0.2, 0.25) is 0 Å². The third-order valence-corrected chi connectivity index (χ3v) is 4.40. The zero-order valence-electron chi connectivity index (χ0n) is 13.2. The fourth-order valence-corrected chi connectivity index (χ4v) is 2.98. The standard InChI is InChI=1S/C18H17N3O2S/c1-13-20-16(12-24-13)15-7-5-14(6-8-15)9-10-19-18(22)17-4-2-3-11-21(17)23/h2-8,11-12H,9-10H2,1H3,(H,19,22). The van der Waals surface area contributed by atoms with Gasteiger partial charge in [-0.2, -0.15) is 4.73 Å². The molecule has 3 aromatic rings. The highest BCUT2D eigenvalue weighted by atomic mass is 32.1. The number of amides is 1. The summed E-state index contributed by atoms with van der Waals surface area (Å²) >= 11 is 1.63. The number of hydrogen-bond acceptors (Lipinski definition) is 4. The molecule has 0 aliphatic heterocycles. The van der Waals surface area contributed by atoms with E-state index < -0.39 is 0 Å². The number of carbonyl (C=O) groups is 1. The Balaban J connectivity index is 1.55. The fourth-order valence-electron chi connectivity index (χ4n) is 2.35. The molecule has 6 heteroatoms. The minimum atomic E-state index is -0.361. The Kier molecular flexibility index (Phi) is 4.86. The van der Waals surface area contributed by atoms with Crippen molar-refractivity contribution in [3.63, 3.8) is 0 Å². The molecule has 1 N–H and O–H groups in total. The van der Waals surface area contributed by atoms with Crippen LogP contribution in [-0.4, -0.2) is 17.4 Å². The molecule has 1 aromatic carbocycles. The Morgan fingerprint density at radius 3 is 2.71 bits per heavy atom. The molecule has 0 fully saturated rings. The molecule has 1 amide bonds. The van der Waals surface area contributed by atoms with Gasteiger partial charge in [-0.3, -0.25) is 4.79 Å². The van der Waals surface area contributed by atoms with Gasteiger partial charge >= 0.3 is 5.91 Å². The number of thiazole rings is 1. The summed E-state index contributed by atoms with van der Waals surface area (Å²) in [5, 5.41) is 17.4. The second kappa shape index (κ2) is 7.23. The quantitative estimate of drug-likeness (QED) is 0.574. The van der Waals surface area contributed by atoms with Crippen molar-refractivity contribution in [3.8, 4) is 11.3 Å². The van der Waals surface area contributed by atoms with Gasteiger partial charge in [0.15, 0.2) is 6.20 Å². The van der Waals surface area contributed by atoms with E-state index in [1.165, 1.54) is 12.3 Å². The lowest BCUT2D eigenvalue weighted by Crippen LogP contribution is -2.39. The van der Waals surface area contributed by atoms with Crippen LogP contribution in [0.2, 0.25) is 0 Å². The second-order valence-corrected chi connectivity index (χ2v) is 6.43. The summed E-state index contributed by atoms with van der Waals surface area (Å²) in [6, 6.07) is 12.9.